The number of aryl methyl sites for hydroxylation is 2. The second-order valence-corrected chi connectivity index (χ2v) is 9.93. The van der Waals surface area contributed by atoms with Crippen molar-refractivity contribution >= 4 is 23.4 Å². The minimum absolute atomic E-state index is 0.00851. The highest BCUT2D eigenvalue weighted by molar-refractivity contribution is 5.68. The largest absolute Gasteiger partial charge is 0.493 e. The fraction of sp³-hybridized carbons (Fsp3) is 0.281. The first kappa shape index (κ1) is 29.4. The fourth-order valence-electron chi connectivity index (χ4n) is 4.28. The highest BCUT2D eigenvalue weighted by atomic mass is 16.6. The number of ether oxygens (including phenoxy) is 2. The molecule has 0 bridgehead atoms. The Hall–Kier alpha value is -4.63. The van der Waals surface area contributed by atoms with Gasteiger partial charge in [0, 0.05) is 37.1 Å². The summed E-state index contributed by atoms with van der Waals surface area (Å²) in [7, 11) is 0. The summed E-state index contributed by atoms with van der Waals surface area (Å²) in [5.74, 6) is 1.03. The molecule has 0 spiro atoms. The van der Waals surface area contributed by atoms with Gasteiger partial charge < -0.3 is 24.3 Å². The number of carbonyl (C=O) groups excluding carboxylic acids is 1. The van der Waals surface area contributed by atoms with Crippen molar-refractivity contribution in [3.63, 3.8) is 0 Å². The number of carboxylic acid groups (broad SMARTS) is 1. The van der Waals surface area contributed by atoms with Crippen molar-refractivity contribution in [3.05, 3.63) is 95.4 Å². The van der Waals surface area contributed by atoms with Crippen LogP contribution in [0.15, 0.2) is 77.2 Å². The molecule has 1 amide bonds. The maximum atomic E-state index is 12.0. The lowest BCUT2D eigenvalue weighted by Gasteiger charge is -2.14. The van der Waals surface area contributed by atoms with Crippen molar-refractivity contribution in [1.29, 1.82) is 0 Å². The van der Waals surface area contributed by atoms with Gasteiger partial charge in [-0.15, -0.1) is 0 Å². The van der Waals surface area contributed by atoms with Gasteiger partial charge in [0.1, 0.15) is 22.9 Å². The van der Waals surface area contributed by atoms with Crippen LogP contribution < -0.4 is 15.4 Å². The molecule has 0 unspecified atom stereocenters. The van der Waals surface area contributed by atoms with Crippen molar-refractivity contribution in [1.82, 2.24) is 10.3 Å². The molecule has 214 valence electrons. The number of oxazole rings is 1. The molecule has 9 heteroatoms. The second kappa shape index (κ2) is 14.1. The Bertz CT molecular complexity index is 1450. The van der Waals surface area contributed by atoms with Crippen molar-refractivity contribution in [2.75, 3.05) is 6.61 Å². The van der Waals surface area contributed by atoms with Crippen LogP contribution in [0.5, 0.6) is 5.75 Å². The SMILES string of the molecule is Cc1oc(-c2ccc([NH2+]c3ccccc3)cc2)nc1CCOc1ccc(CCC(=O)O)c(CNC(=O)OC(C)C)c1. The number of nitrogens with two attached hydrogens (primary N) is 1. The van der Waals surface area contributed by atoms with Gasteiger partial charge in [0.05, 0.1) is 18.4 Å². The molecule has 0 saturated heterocycles. The fourth-order valence-corrected chi connectivity index (χ4v) is 4.28. The van der Waals surface area contributed by atoms with E-state index in [1.165, 1.54) is 0 Å². The molecule has 1 heterocycles. The lowest BCUT2D eigenvalue weighted by Crippen LogP contribution is -2.70. The van der Waals surface area contributed by atoms with Crippen LogP contribution in [0.3, 0.4) is 0 Å². The number of para-hydroxylation sites is 1. The molecule has 0 radical (unpaired) electrons. The number of benzene rings is 3. The number of alkyl carbamates (subject to hydrolysis) is 1. The first-order valence-electron chi connectivity index (χ1n) is 13.6. The number of carbonyl (C=O) groups is 2. The van der Waals surface area contributed by atoms with E-state index < -0.39 is 12.1 Å². The number of aromatic nitrogens is 1. The number of nitrogens with zero attached hydrogens (tertiary/aromatic N) is 1. The Labute approximate surface area is 239 Å². The Kier molecular flexibility index (Phi) is 10.1. The minimum atomic E-state index is -0.882. The Morgan fingerprint density at radius 2 is 1.71 bits per heavy atom. The summed E-state index contributed by atoms with van der Waals surface area (Å²) in [4.78, 5) is 27.8. The lowest BCUT2D eigenvalue weighted by atomic mass is 10.0. The van der Waals surface area contributed by atoms with Crippen molar-refractivity contribution in [3.8, 4) is 17.2 Å². The molecule has 4 N–H and O–H groups in total. The molecular weight excluding hydrogens is 522 g/mol. The van der Waals surface area contributed by atoms with E-state index in [1.54, 1.807) is 13.8 Å². The summed E-state index contributed by atoms with van der Waals surface area (Å²) in [6, 6.07) is 23.7. The predicted molar refractivity (Wildman–Crippen MR) is 154 cm³/mol. The van der Waals surface area contributed by atoms with Gasteiger partial charge >= 0.3 is 12.1 Å². The van der Waals surface area contributed by atoms with Gasteiger partial charge in [0.25, 0.3) is 0 Å². The van der Waals surface area contributed by atoms with Crippen LogP contribution >= 0.6 is 0 Å². The van der Waals surface area contributed by atoms with Crippen LogP contribution in [-0.4, -0.2) is 34.9 Å². The molecule has 0 fully saturated rings. The molecule has 3 aromatic carbocycles. The van der Waals surface area contributed by atoms with Crippen LogP contribution in [0.2, 0.25) is 0 Å². The van der Waals surface area contributed by atoms with E-state index in [0.717, 1.165) is 39.5 Å². The maximum Gasteiger partial charge on any atom is 0.407 e. The van der Waals surface area contributed by atoms with E-state index in [4.69, 9.17) is 24.0 Å². The summed E-state index contributed by atoms with van der Waals surface area (Å²) in [5, 5.41) is 13.9. The zero-order valence-electron chi connectivity index (χ0n) is 23.6. The van der Waals surface area contributed by atoms with Crippen LogP contribution in [0.25, 0.3) is 11.5 Å². The molecule has 4 aromatic rings. The molecule has 0 aliphatic heterocycles. The monoisotopic (exact) mass is 558 g/mol. The van der Waals surface area contributed by atoms with Gasteiger partial charge in [-0.1, -0.05) is 24.3 Å². The Morgan fingerprint density at radius 1 is 0.976 bits per heavy atom. The summed E-state index contributed by atoms with van der Waals surface area (Å²) >= 11 is 0. The number of carboxylic acids is 1. The van der Waals surface area contributed by atoms with E-state index in [2.05, 4.69) is 22.8 Å². The zero-order chi connectivity index (χ0) is 29.2. The number of hydrogen-bond acceptors (Lipinski definition) is 6. The molecule has 0 atom stereocenters. The number of nitrogens with one attached hydrogen (secondary N) is 1. The number of amides is 1. The van der Waals surface area contributed by atoms with Gasteiger partial charge in [-0.25, -0.2) is 9.78 Å². The molecule has 0 aliphatic carbocycles. The minimum Gasteiger partial charge on any atom is -0.493 e. The zero-order valence-corrected chi connectivity index (χ0v) is 23.6. The summed E-state index contributed by atoms with van der Waals surface area (Å²) in [6.45, 7) is 6.00. The number of hydrogen-bond donors (Lipinski definition) is 3. The first-order valence-corrected chi connectivity index (χ1v) is 13.6. The van der Waals surface area contributed by atoms with E-state index in [0.29, 0.717) is 31.1 Å². The van der Waals surface area contributed by atoms with Crippen LogP contribution in [0, 0.1) is 6.92 Å². The Balaban J connectivity index is 1.36. The third kappa shape index (κ3) is 8.94. The van der Waals surface area contributed by atoms with Gasteiger partial charge in [0.15, 0.2) is 0 Å². The smallest absolute Gasteiger partial charge is 0.407 e. The van der Waals surface area contributed by atoms with Gasteiger partial charge in [-0.3, -0.25) is 10.1 Å². The standard InChI is InChI=1S/C32H35N3O6/c1-21(2)40-32(38)33-20-25-19-28(15-11-23(25)12-16-30(36)37)39-18-17-29-22(3)41-31(35-29)24-9-13-27(14-10-24)34-26-7-5-4-6-8-26/h4-11,13-15,19,21,34H,12,16-18,20H2,1-3H3,(H,33,38)(H,36,37)/p+1. The quantitative estimate of drug-likeness (QED) is 0.186. The average molecular weight is 559 g/mol. The predicted octanol–water partition coefficient (Wildman–Crippen LogP) is 5.45. The molecule has 41 heavy (non-hydrogen) atoms. The van der Waals surface area contributed by atoms with Gasteiger partial charge in [-0.2, -0.15) is 0 Å². The molecule has 0 aliphatic rings. The van der Waals surface area contributed by atoms with Crippen LogP contribution in [-0.2, 0) is 28.9 Å². The number of quaternary nitrogens is 1. The lowest BCUT2D eigenvalue weighted by molar-refractivity contribution is -0.478. The third-order valence-electron chi connectivity index (χ3n) is 6.34. The van der Waals surface area contributed by atoms with Crippen molar-refractivity contribution in [2.24, 2.45) is 0 Å². The molecule has 9 nitrogen and oxygen atoms in total. The Morgan fingerprint density at radius 3 is 2.41 bits per heavy atom. The molecule has 1 aromatic heterocycles. The van der Waals surface area contributed by atoms with E-state index in [1.807, 2.05) is 67.6 Å². The topological polar surface area (TPSA) is 128 Å². The summed E-state index contributed by atoms with van der Waals surface area (Å²) in [5.41, 5.74) is 5.55. The van der Waals surface area contributed by atoms with Crippen molar-refractivity contribution in [2.45, 2.75) is 52.7 Å². The summed E-state index contributed by atoms with van der Waals surface area (Å²) in [6.07, 6.45) is 0.110. The number of aliphatic carboxylic acids is 1. The van der Waals surface area contributed by atoms with Gasteiger partial charge in [0.2, 0.25) is 5.89 Å². The average Bonchev–Trinajstić information content (AvgIpc) is 3.32. The molecule has 4 rings (SSSR count). The highest BCUT2D eigenvalue weighted by Gasteiger charge is 2.14. The van der Waals surface area contributed by atoms with Crippen LogP contribution in [0.4, 0.5) is 16.2 Å². The third-order valence-corrected chi connectivity index (χ3v) is 6.34. The maximum absolute atomic E-state index is 12.0. The van der Waals surface area contributed by atoms with Crippen LogP contribution in [0.1, 0.15) is 42.8 Å². The van der Waals surface area contributed by atoms with E-state index in [-0.39, 0.29) is 19.1 Å². The first-order chi connectivity index (χ1) is 19.8. The van der Waals surface area contributed by atoms with Gasteiger partial charge in [-0.05, 0) is 74.7 Å². The van der Waals surface area contributed by atoms with E-state index in [9.17, 15) is 9.59 Å². The normalized spacial score (nSPS) is 10.9. The highest BCUT2D eigenvalue weighted by Crippen LogP contribution is 2.24. The second-order valence-electron chi connectivity index (χ2n) is 9.93. The summed E-state index contributed by atoms with van der Waals surface area (Å²) < 4.78 is 17.1. The van der Waals surface area contributed by atoms with Crippen molar-refractivity contribution < 1.29 is 33.9 Å². The molecular formula is C32H36N3O6+. The molecule has 0 saturated carbocycles. The number of rotatable bonds is 13. The van der Waals surface area contributed by atoms with E-state index >= 15 is 0 Å².